The summed E-state index contributed by atoms with van der Waals surface area (Å²) in [7, 11) is -8.01. The van der Waals surface area contributed by atoms with E-state index in [9.17, 15) is 68.1 Å². The van der Waals surface area contributed by atoms with Crippen LogP contribution in [0.25, 0.3) is 0 Å². The molecule has 3 fully saturated rings. The molecular weight excluding hydrogens is 1340 g/mol. The van der Waals surface area contributed by atoms with Crippen molar-refractivity contribution >= 4 is 135 Å². The first-order chi connectivity index (χ1) is 39.2. The van der Waals surface area contributed by atoms with Gasteiger partial charge in [0.25, 0.3) is 30.6 Å². The molecule has 0 spiro atoms. The van der Waals surface area contributed by atoms with Gasteiger partial charge in [0, 0.05) is 50.3 Å². The van der Waals surface area contributed by atoms with Crippen LogP contribution in [-0.2, 0) is 45.0 Å². The number of nitrogens with zero attached hydrogens (tertiary/aromatic N) is 3. The van der Waals surface area contributed by atoms with Crippen molar-refractivity contribution in [3.05, 3.63) is 173 Å². The molecule has 3 aliphatic heterocycles. The van der Waals surface area contributed by atoms with E-state index in [-0.39, 0.29) is 113 Å². The van der Waals surface area contributed by atoms with Crippen molar-refractivity contribution in [2.24, 2.45) is 0 Å². The van der Waals surface area contributed by atoms with E-state index >= 15 is 0 Å². The number of carbonyl (C=O) groups excluding carboxylic acids is 3. The highest BCUT2D eigenvalue weighted by molar-refractivity contribution is 7.87. The summed E-state index contributed by atoms with van der Waals surface area (Å²) in [5.74, 6) is -4.09. The molecule has 3 amide bonds. The lowest BCUT2D eigenvalue weighted by molar-refractivity contribution is -0.120. The minimum absolute atomic E-state index is 0. The van der Waals surface area contributed by atoms with E-state index in [1.165, 1.54) is 100 Å². The predicted octanol–water partition coefficient (Wildman–Crippen LogP) is 11.7. The monoisotopic (exact) mass is 1410 g/mol. The van der Waals surface area contributed by atoms with Crippen LogP contribution in [0.4, 0.5) is 30.2 Å². The van der Waals surface area contributed by atoms with Crippen molar-refractivity contribution in [3.63, 3.8) is 0 Å². The number of phenolic OH excluding ortho intramolecular Hbond substituents is 3. The number of amides is 3. The van der Waals surface area contributed by atoms with Crippen LogP contribution in [0.5, 0.6) is 17.2 Å². The molecule has 0 bridgehead atoms. The van der Waals surface area contributed by atoms with Gasteiger partial charge in [-0.2, -0.15) is 52.3 Å². The first-order valence-corrected chi connectivity index (χ1v) is 30.8. The number of hydrogen-bond donors (Lipinski definition) is 9. The summed E-state index contributed by atoms with van der Waals surface area (Å²) in [4.78, 5) is 38.1. The lowest BCUT2D eigenvalue weighted by Gasteiger charge is -2.36. The second-order valence-corrected chi connectivity index (χ2v) is 26.5. The summed E-state index contributed by atoms with van der Waals surface area (Å²) in [5, 5.41) is 35.8. The molecule has 0 aromatic heterocycles. The minimum atomic E-state index is -4.01. The van der Waals surface area contributed by atoms with Gasteiger partial charge in [-0.1, -0.05) is 118 Å². The van der Waals surface area contributed by atoms with E-state index < -0.39 is 102 Å². The summed E-state index contributed by atoms with van der Waals surface area (Å²) in [5.41, 5.74) is 2.23. The van der Waals surface area contributed by atoms with Crippen molar-refractivity contribution in [3.8, 4) is 17.2 Å². The molecule has 0 saturated carbocycles. The molecule has 0 aliphatic carbocycles. The van der Waals surface area contributed by atoms with E-state index in [4.69, 9.17) is 69.6 Å². The molecule has 3 aliphatic rings. The van der Waals surface area contributed by atoms with Gasteiger partial charge in [-0.25, -0.2) is 13.2 Å². The lowest BCUT2D eigenvalue weighted by Crippen LogP contribution is -2.55. The Morgan fingerprint density at radius 1 is 0.432 bits per heavy atom. The second kappa shape index (κ2) is 31.3. The Balaban J connectivity index is 0.000000338. The van der Waals surface area contributed by atoms with Crippen LogP contribution in [-0.4, -0.2) is 110 Å². The maximum atomic E-state index is 13.3. The number of hydrogen-bond acceptors (Lipinski definition) is 12. The fourth-order valence-corrected chi connectivity index (χ4v) is 13.7. The SMILES string of the molecule is C.C.C.C.CN1C(C(=O)Nc2ccc(F)c(Cl)c2)CC(c2cc(Cl)c(O)c(Cl)c2)NS1(=O)=O.CN1C(C(=O)Nc2ccc(F)c(Cl)c2)CC(c2ccc(O)c(Cl)c2)NS1(=O)=O.CN1C(C(=O)Nc2ccc(F)c(Cl)c2)CC(c2ccc(O)cc2)NS1(=O)=O. The third kappa shape index (κ3) is 18.5. The second-order valence-electron chi connectivity index (χ2n) is 18.8. The smallest absolute Gasteiger partial charge is 0.280 e. The lowest BCUT2D eigenvalue weighted by atomic mass is 9.99. The topological polar surface area (TPSA) is 296 Å². The van der Waals surface area contributed by atoms with Crippen molar-refractivity contribution in [2.75, 3.05) is 37.1 Å². The summed E-state index contributed by atoms with van der Waals surface area (Å²) in [6.45, 7) is 0. The number of rotatable bonds is 9. The number of phenols is 3. The van der Waals surface area contributed by atoms with Crippen LogP contribution in [0.2, 0.25) is 30.1 Å². The minimum Gasteiger partial charge on any atom is -0.508 e. The normalized spacial score (nSPS) is 21.0. The zero-order valence-corrected chi connectivity index (χ0v) is 50.4. The van der Waals surface area contributed by atoms with E-state index in [1.807, 2.05) is 0 Å². The molecule has 6 aromatic carbocycles. The predicted molar refractivity (Wildman–Crippen MR) is 339 cm³/mol. The molecule has 6 atom stereocenters. The third-order valence-corrected chi connectivity index (χ3v) is 19.8. The van der Waals surface area contributed by atoms with Crippen LogP contribution in [0.3, 0.4) is 0 Å². The molecular formula is C55H64Cl6F3N9O12S3. The van der Waals surface area contributed by atoms with E-state index in [1.54, 1.807) is 12.1 Å². The number of halogens is 9. The van der Waals surface area contributed by atoms with Gasteiger partial charge in [0.1, 0.15) is 47.1 Å². The number of aromatic hydroxyl groups is 3. The summed E-state index contributed by atoms with van der Waals surface area (Å²) in [6, 6.07) is 18.8. The van der Waals surface area contributed by atoms with Gasteiger partial charge in [-0.3, -0.25) is 14.4 Å². The van der Waals surface area contributed by atoms with Crippen molar-refractivity contribution in [2.45, 2.75) is 85.2 Å². The van der Waals surface area contributed by atoms with Gasteiger partial charge in [0.2, 0.25) is 17.7 Å². The molecule has 0 radical (unpaired) electrons. The Morgan fingerprint density at radius 2 is 0.727 bits per heavy atom. The Labute approximate surface area is 539 Å². The van der Waals surface area contributed by atoms with Gasteiger partial charge in [-0.05, 0) is 127 Å². The third-order valence-electron chi connectivity index (χ3n) is 13.3. The average molecular weight is 1410 g/mol. The van der Waals surface area contributed by atoms with Crippen LogP contribution >= 0.6 is 69.6 Å². The van der Waals surface area contributed by atoms with Crippen LogP contribution in [0.15, 0.2) is 109 Å². The zero-order chi connectivity index (χ0) is 61.9. The Bertz CT molecular complexity index is 3850. The van der Waals surface area contributed by atoms with Crippen molar-refractivity contribution < 1.29 is 68.1 Å². The molecule has 3 saturated heterocycles. The van der Waals surface area contributed by atoms with E-state index in [0.29, 0.717) is 16.7 Å². The molecule has 88 heavy (non-hydrogen) atoms. The Kier molecular flexibility index (Phi) is 27.2. The van der Waals surface area contributed by atoms with Crippen LogP contribution in [0, 0.1) is 17.5 Å². The molecule has 21 nitrogen and oxygen atoms in total. The van der Waals surface area contributed by atoms with Crippen LogP contribution in [0.1, 0.15) is 83.8 Å². The fraction of sp³-hybridized carbons (Fsp3) is 0.291. The first kappa shape index (κ1) is 76.5. The number of anilines is 3. The van der Waals surface area contributed by atoms with Gasteiger partial charge in [0.15, 0.2) is 5.75 Å². The molecule has 33 heteroatoms. The maximum Gasteiger partial charge on any atom is 0.280 e. The van der Waals surface area contributed by atoms with Gasteiger partial charge < -0.3 is 31.3 Å². The fourth-order valence-electron chi connectivity index (χ4n) is 8.61. The Morgan fingerprint density at radius 3 is 1.05 bits per heavy atom. The van der Waals surface area contributed by atoms with E-state index in [0.717, 1.165) is 31.1 Å². The van der Waals surface area contributed by atoms with Crippen molar-refractivity contribution in [1.82, 2.24) is 27.1 Å². The molecule has 9 rings (SSSR count). The standard InChI is InChI=1S/C17H15Cl3FN3O4S.C17H16Cl2FN3O4S.C17H17ClFN3O4S.4CH4/c1-24-15(17(26)22-9-2-3-13(21)10(18)6-9)7-14(23-29(24,27)28)8-4-11(19)16(25)12(20)5-8;1-23-15(17(25)21-10-3-4-13(20)11(18)7-10)8-14(22-28(23,26)27)9-2-5-16(24)12(19)6-9;1-22-16(17(24)20-11-4-7-14(19)13(18)8-11)9-15(21-27(22,25)26)10-2-5-12(23)6-3-10;;;;/h2-6,14-15,23,25H,7H2,1H3,(H,22,26);2-7,14-15,22,24H,8H2,1H3,(H,21,25);2-8,15-16,21,23H,9H2,1H3,(H,20,24);4*1H4. The number of likely N-dealkylation sites (N-methyl/N-ethyl adjacent to an activating group) is 3. The summed E-state index contributed by atoms with van der Waals surface area (Å²) >= 11 is 34.9. The van der Waals surface area contributed by atoms with Gasteiger partial charge in [-0.15, -0.1) is 0 Å². The molecule has 6 unspecified atom stereocenters. The largest absolute Gasteiger partial charge is 0.508 e. The van der Waals surface area contributed by atoms with Gasteiger partial charge >= 0.3 is 0 Å². The quantitative estimate of drug-likeness (QED) is 0.0653. The van der Waals surface area contributed by atoms with Crippen molar-refractivity contribution in [1.29, 1.82) is 0 Å². The highest BCUT2D eigenvalue weighted by atomic mass is 35.5. The zero-order valence-electron chi connectivity index (χ0n) is 43.5. The van der Waals surface area contributed by atoms with E-state index in [2.05, 4.69) is 30.1 Å². The average Bonchev–Trinajstić information content (AvgIpc) is 1.52. The number of carbonyl (C=O) groups is 3. The highest BCUT2D eigenvalue weighted by Gasteiger charge is 2.43. The Hall–Kier alpha value is -5.73. The van der Waals surface area contributed by atoms with Crippen LogP contribution < -0.4 is 30.1 Å². The molecule has 482 valence electrons. The van der Waals surface area contributed by atoms with Gasteiger partial charge in [0.05, 0.1) is 36.2 Å². The molecule has 9 N–H and O–H groups in total. The number of nitrogens with one attached hydrogen (secondary N) is 6. The summed E-state index contributed by atoms with van der Waals surface area (Å²) in [6.07, 6.45) is 0.326. The molecule has 6 aromatic rings. The first-order valence-electron chi connectivity index (χ1n) is 24.2. The summed E-state index contributed by atoms with van der Waals surface area (Å²) < 4.78 is 125. The molecule has 3 heterocycles. The number of benzene rings is 6. The maximum absolute atomic E-state index is 13.3. The highest BCUT2D eigenvalue weighted by Crippen LogP contribution is 2.39.